The van der Waals surface area contributed by atoms with Gasteiger partial charge in [0.05, 0.1) is 0 Å². The van der Waals surface area contributed by atoms with E-state index >= 15 is 0 Å². The Balaban J connectivity index is 1.95. The predicted molar refractivity (Wildman–Crippen MR) is 78.0 cm³/mol. The van der Waals surface area contributed by atoms with Crippen LogP contribution in [0.25, 0.3) is 0 Å². The van der Waals surface area contributed by atoms with E-state index in [4.69, 9.17) is 5.73 Å². The van der Waals surface area contributed by atoms with Gasteiger partial charge >= 0.3 is 0 Å². The molecule has 1 rings (SSSR count). The average Bonchev–Trinajstić information content (AvgIpc) is 2.38. The van der Waals surface area contributed by atoms with Gasteiger partial charge in [-0.3, -0.25) is 4.99 Å². The van der Waals surface area contributed by atoms with E-state index in [9.17, 15) is 0 Å². The Bertz CT molecular complexity index is 234. The molecule has 1 saturated heterocycles. The summed E-state index contributed by atoms with van der Waals surface area (Å²) < 4.78 is 0. The van der Waals surface area contributed by atoms with Crippen LogP contribution in [0.4, 0.5) is 0 Å². The van der Waals surface area contributed by atoms with Crippen molar-refractivity contribution in [2.75, 3.05) is 52.9 Å². The minimum Gasteiger partial charge on any atom is -0.370 e. The number of hydrogen-bond donors (Lipinski definition) is 2. The number of nitrogens with zero attached hydrogens (tertiary/aromatic N) is 3. The SMILES string of the molecule is CCCN=C(N)NCCCCN1CCN(C)CC1. The summed E-state index contributed by atoms with van der Waals surface area (Å²) in [6.07, 6.45) is 3.44. The number of nitrogens with one attached hydrogen (secondary N) is 1. The summed E-state index contributed by atoms with van der Waals surface area (Å²) in [4.78, 5) is 9.15. The molecule has 1 aliphatic heterocycles. The van der Waals surface area contributed by atoms with Crippen LogP contribution in [0.15, 0.2) is 4.99 Å². The third-order valence-corrected chi connectivity index (χ3v) is 3.31. The molecule has 0 aliphatic carbocycles. The van der Waals surface area contributed by atoms with E-state index in [0.29, 0.717) is 5.96 Å². The second-order valence-corrected chi connectivity index (χ2v) is 5.05. The molecule has 0 aromatic rings. The molecule has 0 spiro atoms. The average molecular weight is 255 g/mol. The van der Waals surface area contributed by atoms with Crippen LogP contribution in [0.1, 0.15) is 26.2 Å². The fourth-order valence-electron chi connectivity index (χ4n) is 2.04. The van der Waals surface area contributed by atoms with Crippen LogP contribution in [0.2, 0.25) is 0 Å². The molecule has 0 radical (unpaired) electrons. The Kier molecular flexibility index (Phi) is 7.76. The predicted octanol–water partition coefficient (Wildman–Crippen LogP) is 0.328. The zero-order valence-corrected chi connectivity index (χ0v) is 12.0. The van der Waals surface area contributed by atoms with Gasteiger partial charge in [0, 0.05) is 39.3 Å². The fourth-order valence-corrected chi connectivity index (χ4v) is 2.04. The first-order chi connectivity index (χ1) is 8.72. The molecule has 5 nitrogen and oxygen atoms in total. The Morgan fingerprint density at radius 1 is 1.22 bits per heavy atom. The molecule has 3 N–H and O–H groups in total. The van der Waals surface area contributed by atoms with Gasteiger partial charge in [-0.05, 0) is 32.9 Å². The summed E-state index contributed by atoms with van der Waals surface area (Å²) >= 11 is 0. The molecule has 0 unspecified atom stereocenters. The summed E-state index contributed by atoms with van der Waals surface area (Å²) in [5.74, 6) is 0.594. The number of nitrogens with two attached hydrogens (primary N) is 1. The van der Waals surface area contributed by atoms with Gasteiger partial charge < -0.3 is 20.9 Å². The van der Waals surface area contributed by atoms with Gasteiger partial charge in [-0.25, -0.2) is 0 Å². The number of unbranched alkanes of at least 4 members (excludes halogenated alkanes) is 1. The van der Waals surface area contributed by atoms with E-state index in [1.165, 1.54) is 39.1 Å². The van der Waals surface area contributed by atoms with E-state index in [1.807, 2.05) is 0 Å². The highest BCUT2D eigenvalue weighted by Crippen LogP contribution is 2.01. The lowest BCUT2D eigenvalue weighted by Crippen LogP contribution is -2.44. The molecule has 0 atom stereocenters. The van der Waals surface area contributed by atoms with Crippen molar-refractivity contribution in [1.29, 1.82) is 0 Å². The quantitative estimate of drug-likeness (QED) is 0.391. The highest BCUT2D eigenvalue weighted by molar-refractivity contribution is 5.77. The minimum absolute atomic E-state index is 0.594. The van der Waals surface area contributed by atoms with Gasteiger partial charge in [0.25, 0.3) is 0 Å². The fraction of sp³-hybridized carbons (Fsp3) is 0.923. The van der Waals surface area contributed by atoms with Gasteiger partial charge in [-0.1, -0.05) is 6.92 Å². The van der Waals surface area contributed by atoms with Gasteiger partial charge in [0.1, 0.15) is 0 Å². The molecule has 0 aromatic heterocycles. The second-order valence-electron chi connectivity index (χ2n) is 5.05. The highest BCUT2D eigenvalue weighted by Gasteiger charge is 2.12. The summed E-state index contributed by atoms with van der Waals surface area (Å²) in [5, 5.41) is 3.16. The van der Waals surface area contributed by atoms with Crippen molar-refractivity contribution in [3.63, 3.8) is 0 Å². The van der Waals surface area contributed by atoms with Crippen molar-refractivity contribution in [2.24, 2.45) is 10.7 Å². The molecule has 1 aliphatic rings. The van der Waals surface area contributed by atoms with Crippen LogP contribution in [0.5, 0.6) is 0 Å². The molecule has 18 heavy (non-hydrogen) atoms. The topological polar surface area (TPSA) is 56.9 Å². The molecule has 0 aromatic carbocycles. The number of piperazine rings is 1. The molecule has 106 valence electrons. The minimum atomic E-state index is 0.594. The lowest BCUT2D eigenvalue weighted by atomic mass is 10.2. The Morgan fingerprint density at radius 2 is 1.94 bits per heavy atom. The third kappa shape index (κ3) is 6.81. The van der Waals surface area contributed by atoms with Crippen LogP contribution in [0.3, 0.4) is 0 Å². The summed E-state index contributed by atoms with van der Waals surface area (Å²) in [6.45, 7) is 9.90. The lowest BCUT2D eigenvalue weighted by molar-refractivity contribution is 0.152. The Morgan fingerprint density at radius 3 is 2.61 bits per heavy atom. The van der Waals surface area contributed by atoms with Crippen LogP contribution >= 0.6 is 0 Å². The lowest BCUT2D eigenvalue weighted by Gasteiger charge is -2.32. The number of hydrogen-bond acceptors (Lipinski definition) is 3. The van der Waals surface area contributed by atoms with Crippen molar-refractivity contribution >= 4 is 5.96 Å². The van der Waals surface area contributed by atoms with E-state index in [1.54, 1.807) is 0 Å². The van der Waals surface area contributed by atoms with Crippen molar-refractivity contribution in [1.82, 2.24) is 15.1 Å². The normalized spacial score (nSPS) is 19.1. The summed E-state index contributed by atoms with van der Waals surface area (Å²) in [7, 11) is 2.19. The van der Waals surface area contributed by atoms with Crippen molar-refractivity contribution in [3.05, 3.63) is 0 Å². The largest absolute Gasteiger partial charge is 0.370 e. The second kappa shape index (κ2) is 9.16. The molecule has 5 heteroatoms. The number of aliphatic imine (C=N–C) groups is 1. The van der Waals surface area contributed by atoms with E-state index in [2.05, 4.69) is 34.1 Å². The first-order valence-electron chi connectivity index (χ1n) is 7.17. The molecule has 0 saturated carbocycles. The van der Waals surface area contributed by atoms with Crippen molar-refractivity contribution in [3.8, 4) is 0 Å². The highest BCUT2D eigenvalue weighted by atomic mass is 15.2. The maximum atomic E-state index is 5.72. The molecule has 1 fully saturated rings. The summed E-state index contributed by atoms with van der Waals surface area (Å²) in [6, 6.07) is 0. The van der Waals surface area contributed by atoms with Gasteiger partial charge in [0.2, 0.25) is 0 Å². The maximum Gasteiger partial charge on any atom is 0.188 e. The van der Waals surface area contributed by atoms with E-state index < -0.39 is 0 Å². The maximum absolute atomic E-state index is 5.72. The van der Waals surface area contributed by atoms with Crippen LogP contribution in [-0.2, 0) is 0 Å². The van der Waals surface area contributed by atoms with Gasteiger partial charge in [-0.15, -0.1) is 0 Å². The van der Waals surface area contributed by atoms with Gasteiger partial charge in [0.15, 0.2) is 5.96 Å². The molecule has 0 bridgehead atoms. The molecular formula is C13H29N5. The molecule has 1 heterocycles. The number of likely N-dealkylation sites (N-methyl/N-ethyl adjacent to an activating group) is 1. The Labute approximate surface area is 111 Å². The summed E-state index contributed by atoms with van der Waals surface area (Å²) in [5.41, 5.74) is 5.72. The van der Waals surface area contributed by atoms with Crippen molar-refractivity contribution in [2.45, 2.75) is 26.2 Å². The smallest absolute Gasteiger partial charge is 0.188 e. The van der Waals surface area contributed by atoms with Crippen molar-refractivity contribution < 1.29 is 0 Å². The third-order valence-electron chi connectivity index (χ3n) is 3.31. The first kappa shape index (κ1) is 15.2. The monoisotopic (exact) mass is 255 g/mol. The van der Waals surface area contributed by atoms with Gasteiger partial charge in [-0.2, -0.15) is 0 Å². The van der Waals surface area contributed by atoms with Crippen LogP contribution in [0, 0.1) is 0 Å². The van der Waals surface area contributed by atoms with Crippen LogP contribution < -0.4 is 11.1 Å². The Hall–Kier alpha value is -0.810. The number of guanidine groups is 1. The zero-order chi connectivity index (χ0) is 13.2. The standard InChI is InChI=1S/C13H29N5/c1-3-6-15-13(14)16-7-4-5-8-18-11-9-17(2)10-12-18/h3-12H2,1-2H3,(H3,14,15,16). The number of rotatable bonds is 7. The van der Waals surface area contributed by atoms with E-state index in [-0.39, 0.29) is 0 Å². The van der Waals surface area contributed by atoms with E-state index in [0.717, 1.165) is 25.9 Å². The zero-order valence-electron chi connectivity index (χ0n) is 12.0. The molecular weight excluding hydrogens is 226 g/mol. The first-order valence-corrected chi connectivity index (χ1v) is 7.17. The van der Waals surface area contributed by atoms with Crippen LogP contribution in [-0.4, -0.2) is 68.6 Å². The molecule has 0 amide bonds.